The van der Waals surface area contributed by atoms with Crippen molar-refractivity contribution >= 4 is 28.7 Å². The van der Waals surface area contributed by atoms with Crippen LogP contribution < -0.4 is 0 Å². The predicted molar refractivity (Wildman–Crippen MR) is 105 cm³/mol. The number of allylic oxidation sites excluding steroid dienone is 4. The van der Waals surface area contributed by atoms with E-state index in [9.17, 15) is 5.11 Å². The van der Waals surface area contributed by atoms with Gasteiger partial charge in [-0.15, -0.1) is 0 Å². The highest BCUT2D eigenvalue weighted by Crippen LogP contribution is 2.28. The number of hydrogen-bond acceptors (Lipinski definition) is 2. The van der Waals surface area contributed by atoms with Gasteiger partial charge in [-0.25, -0.2) is 9.98 Å². The van der Waals surface area contributed by atoms with Crippen molar-refractivity contribution < 1.29 is 5.11 Å². The third kappa shape index (κ3) is 3.95. The summed E-state index contributed by atoms with van der Waals surface area (Å²) in [6.07, 6.45) is 5.61. The van der Waals surface area contributed by atoms with E-state index in [0.717, 1.165) is 16.7 Å². The van der Waals surface area contributed by atoms with Gasteiger partial charge in [-0.1, -0.05) is 72.8 Å². The van der Waals surface area contributed by atoms with Gasteiger partial charge in [0, 0.05) is 28.8 Å². The van der Waals surface area contributed by atoms with Crippen molar-refractivity contribution in [2.24, 2.45) is 9.98 Å². The van der Waals surface area contributed by atoms with Gasteiger partial charge < -0.3 is 5.11 Å². The Morgan fingerprint density at radius 2 is 1.80 bits per heavy atom. The average Bonchev–Trinajstić information content (AvgIpc) is 2.64. The Morgan fingerprint density at radius 3 is 2.48 bits per heavy atom. The Morgan fingerprint density at radius 1 is 1.08 bits per heavy atom. The summed E-state index contributed by atoms with van der Waals surface area (Å²) in [4.78, 5) is 8.75. The van der Waals surface area contributed by atoms with Gasteiger partial charge in [-0.05, 0) is 17.7 Å². The summed E-state index contributed by atoms with van der Waals surface area (Å²) in [6.45, 7) is 3.64. The molecule has 0 atom stereocenters. The first-order chi connectivity index (χ1) is 12.2. The fraction of sp³-hybridized carbons (Fsp3) is 0.0476. The average molecular weight is 349 g/mol. The zero-order valence-corrected chi connectivity index (χ0v) is 14.3. The van der Waals surface area contributed by atoms with E-state index in [1.54, 1.807) is 6.08 Å². The van der Waals surface area contributed by atoms with Gasteiger partial charge in [0.15, 0.2) is 5.84 Å². The minimum atomic E-state index is 0.116. The lowest BCUT2D eigenvalue weighted by Gasteiger charge is -2.14. The third-order valence-electron chi connectivity index (χ3n) is 3.77. The maximum atomic E-state index is 10.4. The van der Waals surface area contributed by atoms with Crippen molar-refractivity contribution in [3.8, 4) is 0 Å². The summed E-state index contributed by atoms with van der Waals surface area (Å²) >= 11 is 6.24. The molecule has 0 saturated heterocycles. The third-order valence-corrected chi connectivity index (χ3v) is 4.10. The molecule has 0 fully saturated rings. The standard InChI is InChI=1S/C21H17ClN2O/c1-2-23-21(15-8-4-3-5-9-15)24-19-13-12-16(14-20(19)25)17-10-6-7-11-18(17)22/h2-12,14,25H,1,13H2/b23-21-,24-19+. The molecule has 0 unspecified atom stereocenters. The molecule has 2 aromatic carbocycles. The molecule has 3 nitrogen and oxygen atoms in total. The Kier molecular flexibility index (Phi) is 5.26. The lowest BCUT2D eigenvalue weighted by Crippen LogP contribution is -2.10. The van der Waals surface area contributed by atoms with E-state index in [1.165, 1.54) is 6.20 Å². The second kappa shape index (κ2) is 7.77. The number of aliphatic imine (C=N–C) groups is 2. The molecule has 25 heavy (non-hydrogen) atoms. The molecule has 1 aliphatic carbocycles. The molecule has 0 heterocycles. The van der Waals surface area contributed by atoms with Crippen LogP contribution in [0, 0.1) is 0 Å². The number of aliphatic hydroxyl groups is 1. The highest BCUT2D eigenvalue weighted by Gasteiger charge is 2.15. The van der Waals surface area contributed by atoms with Crippen molar-refractivity contribution in [2.75, 3.05) is 0 Å². The molecule has 124 valence electrons. The summed E-state index contributed by atoms with van der Waals surface area (Å²) in [7, 11) is 0. The normalized spacial score (nSPS) is 16.4. The van der Waals surface area contributed by atoms with Crippen LogP contribution in [0.5, 0.6) is 0 Å². The monoisotopic (exact) mass is 348 g/mol. The molecule has 1 aliphatic rings. The topological polar surface area (TPSA) is 45.0 Å². The quantitative estimate of drug-likeness (QED) is 0.569. The molecule has 3 rings (SSSR count). The fourth-order valence-electron chi connectivity index (χ4n) is 2.56. The molecule has 0 amide bonds. The largest absolute Gasteiger partial charge is 0.506 e. The zero-order valence-electron chi connectivity index (χ0n) is 13.6. The maximum absolute atomic E-state index is 10.4. The van der Waals surface area contributed by atoms with E-state index in [1.807, 2.05) is 60.7 Å². The van der Waals surface area contributed by atoms with Crippen molar-refractivity contribution in [3.05, 3.63) is 101 Å². The molecule has 1 N–H and O–H groups in total. The van der Waals surface area contributed by atoms with Gasteiger partial charge in [0.1, 0.15) is 5.76 Å². The minimum Gasteiger partial charge on any atom is -0.506 e. The van der Waals surface area contributed by atoms with E-state index in [2.05, 4.69) is 16.6 Å². The fourth-order valence-corrected chi connectivity index (χ4v) is 2.80. The van der Waals surface area contributed by atoms with E-state index in [4.69, 9.17) is 11.6 Å². The van der Waals surface area contributed by atoms with Crippen molar-refractivity contribution in [3.63, 3.8) is 0 Å². The number of rotatable bonds is 3. The molecule has 0 aromatic heterocycles. The van der Waals surface area contributed by atoms with Gasteiger partial charge in [0.05, 0.1) is 5.71 Å². The summed E-state index contributed by atoms with van der Waals surface area (Å²) in [5.41, 5.74) is 3.19. The number of halogens is 1. The van der Waals surface area contributed by atoms with E-state index in [0.29, 0.717) is 23.0 Å². The van der Waals surface area contributed by atoms with Crippen molar-refractivity contribution in [1.29, 1.82) is 0 Å². The van der Waals surface area contributed by atoms with E-state index < -0.39 is 0 Å². The van der Waals surface area contributed by atoms with E-state index in [-0.39, 0.29) is 5.76 Å². The highest BCUT2D eigenvalue weighted by atomic mass is 35.5. The summed E-state index contributed by atoms with van der Waals surface area (Å²) in [6, 6.07) is 17.1. The number of aliphatic hydroxyl groups excluding tert-OH is 1. The summed E-state index contributed by atoms with van der Waals surface area (Å²) in [5, 5.41) is 11.1. The van der Waals surface area contributed by atoms with Crippen LogP contribution in [0.3, 0.4) is 0 Å². The Hall–Kier alpha value is -2.91. The van der Waals surface area contributed by atoms with Crippen LogP contribution in [0.4, 0.5) is 0 Å². The molecule has 0 spiro atoms. The van der Waals surface area contributed by atoms with Crippen molar-refractivity contribution in [2.45, 2.75) is 6.42 Å². The number of nitrogens with zero attached hydrogens (tertiary/aromatic N) is 2. The molecule has 2 aromatic rings. The van der Waals surface area contributed by atoms with Gasteiger partial charge in [-0.2, -0.15) is 0 Å². The van der Waals surface area contributed by atoms with Crippen LogP contribution in [0.25, 0.3) is 5.57 Å². The van der Waals surface area contributed by atoms with E-state index >= 15 is 0 Å². The number of benzene rings is 2. The van der Waals surface area contributed by atoms with Crippen LogP contribution in [-0.4, -0.2) is 16.7 Å². The summed E-state index contributed by atoms with van der Waals surface area (Å²) < 4.78 is 0. The molecular formula is C21H17ClN2O. The second-order valence-corrected chi connectivity index (χ2v) is 5.84. The summed E-state index contributed by atoms with van der Waals surface area (Å²) in [5.74, 6) is 0.630. The first-order valence-electron chi connectivity index (χ1n) is 7.87. The first kappa shape index (κ1) is 16.9. The highest BCUT2D eigenvalue weighted by molar-refractivity contribution is 6.32. The smallest absolute Gasteiger partial charge is 0.159 e. The van der Waals surface area contributed by atoms with Crippen LogP contribution in [-0.2, 0) is 0 Å². The van der Waals surface area contributed by atoms with Crippen LogP contribution in [0.1, 0.15) is 17.5 Å². The Labute approximate surface area is 152 Å². The Bertz CT molecular complexity index is 909. The molecule has 4 heteroatoms. The van der Waals surface area contributed by atoms with Gasteiger partial charge >= 0.3 is 0 Å². The maximum Gasteiger partial charge on any atom is 0.159 e. The number of hydrogen-bond donors (Lipinski definition) is 1. The molecule has 0 bridgehead atoms. The minimum absolute atomic E-state index is 0.116. The lowest BCUT2D eigenvalue weighted by molar-refractivity contribution is 0.442. The SMILES string of the molecule is C=C/N=C(\N=C1/CC=C(c2ccccc2Cl)C=C1O)c1ccccc1. The van der Waals surface area contributed by atoms with Crippen molar-refractivity contribution in [1.82, 2.24) is 0 Å². The predicted octanol–water partition coefficient (Wildman–Crippen LogP) is 5.60. The Balaban J connectivity index is 1.92. The first-order valence-corrected chi connectivity index (χ1v) is 8.24. The zero-order chi connectivity index (χ0) is 17.6. The lowest BCUT2D eigenvalue weighted by atomic mass is 9.97. The molecule has 0 radical (unpaired) electrons. The van der Waals surface area contributed by atoms with Gasteiger partial charge in [0.25, 0.3) is 0 Å². The van der Waals surface area contributed by atoms with Gasteiger partial charge in [-0.3, -0.25) is 0 Å². The molecule has 0 saturated carbocycles. The molecular weight excluding hydrogens is 332 g/mol. The second-order valence-electron chi connectivity index (χ2n) is 5.43. The molecule has 0 aliphatic heterocycles. The van der Waals surface area contributed by atoms with Crippen LogP contribution in [0.15, 0.2) is 95.3 Å². The van der Waals surface area contributed by atoms with Gasteiger partial charge in [0.2, 0.25) is 0 Å². The van der Waals surface area contributed by atoms with Crippen LogP contribution in [0.2, 0.25) is 5.02 Å². The number of amidine groups is 1. The van der Waals surface area contributed by atoms with Crippen LogP contribution >= 0.6 is 11.6 Å².